The van der Waals surface area contributed by atoms with Gasteiger partial charge in [-0.05, 0) is 26.0 Å². The van der Waals surface area contributed by atoms with Crippen LogP contribution in [-0.4, -0.2) is 12.6 Å². The lowest BCUT2D eigenvalue weighted by molar-refractivity contribution is -0.204. The maximum Gasteiger partial charge on any atom is 0.199 e. The second-order valence-corrected chi connectivity index (χ2v) is 2.70. The van der Waals surface area contributed by atoms with Gasteiger partial charge in [-0.3, -0.25) is 0 Å². The number of ether oxygens (including phenoxy) is 2. The standard InChI is InChI=1S/C10H13O3/c1-8(11)12-9(2)13-10-6-4-3-5-7-10/h3-9H,1-2H3. The highest BCUT2D eigenvalue weighted by Gasteiger charge is 2.07. The van der Waals surface area contributed by atoms with Crippen molar-refractivity contribution in [1.29, 1.82) is 0 Å². The zero-order valence-electron chi connectivity index (χ0n) is 7.77. The molecule has 0 saturated carbocycles. The molecule has 0 aliphatic carbocycles. The van der Waals surface area contributed by atoms with E-state index in [-0.39, 0.29) is 0 Å². The Morgan fingerprint density at radius 3 is 2.31 bits per heavy atom. The highest BCUT2D eigenvalue weighted by atomic mass is 16.7. The Balaban J connectivity index is 2.41. The van der Waals surface area contributed by atoms with Crippen molar-refractivity contribution in [1.82, 2.24) is 0 Å². The number of hydrogen-bond acceptors (Lipinski definition) is 2. The van der Waals surface area contributed by atoms with Gasteiger partial charge >= 0.3 is 0 Å². The van der Waals surface area contributed by atoms with E-state index in [1.807, 2.05) is 30.3 Å². The Bertz CT molecular complexity index is 233. The van der Waals surface area contributed by atoms with Gasteiger partial charge in [-0.15, -0.1) is 0 Å². The third kappa shape index (κ3) is 3.92. The summed E-state index contributed by atoms with van der Waals surface area (Å²) in [5, 5.41) is 10.6. The molecule has 0 fully saturated rings. The van der Waals surface area contributed by atoms with Crippen molar-refractivity contribution in [2.45, 2.75) is 26.4 Å². The molecule has 0 amide bonds. The maximum absolute atomic E-state index is 10.6. The molecule has 3 heteroatoms. The lowest BCUT2D eigenvalue weighted by atomic mass is 10.3. The Labute approximate surface area is 77.9 Å². The minimum atomic E-state index is -1.06. The van der Waals surface area contributed by atoms with Crippen LogP contribution in [-0.2, 0) is 9.84 Å². The third-order valence-electron chi connectivity index (χ3n) is 1.43. The summed E-state index contributed by atoms with van der Waals surface area (Å²) in [5.41, 5.74) is 0. The molecule has 71 valence electrons. The number of para-hydroxylation sites is 1. The molecule has 1 aromatic rings. The minimum Gasteiger partial charge on any atom is -0.465 e. The lowest BCUT2D eigenvalue weighted by Crippen LogP contribution is -2.21. The summed E-state index contributed by atoms with van der Waals surface area (Å²) in [7, 11) is 0. The third-order valence-corrected chi connectivity index (χ3v) is 1.43. The van der Waals surface area contributed by atoms with Crippen molar-refractivity contribution in [3.8, 4) is 5.75 Å². The molecule has 0 saturated heterocycles. The van der Waals surface area contributed by atoms with Crippen LogP contribution in [0.1, 0.15) is 13.8 Å². The van der Waals surface area contributed by atoms with Crippen LogP contribution >= 0.6 is 0 Å². The minimum absolute atomic E-state index is 0.505. The summed E-state index contributed by atoms with van der Waals surface area (Å²) < 4.78 is 10.2. The number of hydrogen-bond donors (Lipinski definition) is 0. The van der Waals surface area contributed by atoms with Crippen molar-refractivity contribution in [3.05, 3.63) is 30.3 Å². The summed E-state index contributed by atoms with van der Waals surface area (Å²) in [4.78, 5) is 0. The van der Waals surface area contributed by atoms with E-state index >= 15 is 0 Å². The van der Waals surface area contributed by atoms with E-state index in [1.165, 1.54) is 6.92 Å². The Morgan fingerprint density at radius 2 is 1.77 bits per heavy atom. The predicted molar refractivity (Wildman–Crippen MR) is 47.8 cm³/mol. The van der Waals surface area contributed by atoms with Crippen LogP contribution in [0.5, 0.6) is 5.75 Å². The smallest absolute Gasteiger partial charge is 0.199 e. The molecule has 0 N–H and O–H groups in total. The molecular formula is C10H13O3. The molecule has 0 heterocycles. The van der Waals surface area contributed by atoms with Gasteiger partial charge in [0.15, 0.2) is 12.6 Å². The van der Waals surface area contributed by atoms with E-state index in [2.05, 4.69) is 0 Å². The first-order chi connectivity index (χ1) is 6.18. The molecule has 1 radical (unpaired) electrons. The quantitative estimate of drug-likeness (QED) is 0.668. The summed E-state index contributed by atoms with van der Waals surface area (Å²) in [6.07, 6.45) is -1.56. The maximum atomic E-state index is 10.6. The predicted octanol–water partition coefficient (Wildman–Crippen LogP) is 2.20. The fourth-order valence-electron chi connectivity index (χ4n) is 0.988. The van der Waals surface area contributed by atoms with E-state index in [9.17, 15) is 5.11 Å². The van der Waals surface area contributed by atoms with Crippen LogP contribution in [0, 0.1) is 0 Å². The van der Waals surface area contributed by atoms with Gasteiger partial charge in [0, 0.05) is 0 Å². The topological polar surface area (TPSA) is 38.4 Å². The van der Waals surface area contributed by atoms with E-state index in [0.717, 1.165) is 0 Å². The van der Waals surface area contributed by atoms with Gasteiger partial charge in [0.1, 0.15) is 5.75 Å². The molecule has 2 unspecified atom stereocenters. The second kappa shape index (κ2) is 4.84. The van der Waals surface area contributed by atoms with E-state index < -0.39 is 12.6 Å². The fraction of sp³-hybridized carbons (Fsp3) is 0.400. The molecule has 0 bridgehead atoms. The summed E-state index contributed by atoms with van der Waals surface area (Å²) >= 11 is 0. The van der Waals surface area contributed by atoms with Crippen molar-refractivity contribution in [2.24, 2.45) is 0 Å². The first-order valence-electron chi connectivity index (χ1n) is 4.21. The monoisotopic (exact) mass is 181 g/mol. The van der Waals surface area contributed by atoms with Crippen molar-refractivity contribution < 1.29 is 14.6 Å². The zero-order chi connectivity index (χ0) is 9.68. The molecule has 0 spiro atoms. The van der Waals surface area contributed by atoms with Gasteiger partial charge in [-0.25, -0.2) is 5.11 Å². The zero-order valence-corrected chi connectivity index (χ0v) is 7.77. The molecule has 3 nitrogen and oxygen atoms in total. The van der Waals surface area contributed by atoms with Gasteiger partial charge < -0.3 is 9.47 Å². The lowest BCUT2D eigenvalue weighted by Gasteiger charge is -2.15. The average molecular weight is 181 g/mol. The van der Waals surface area contributed by atoms with Crippen LogP contribution in [0.3, 0.4) is 0 Å². The first kappa shape index (κ1) is 10.0. The molecular weight excluding hydrogens is 168 g/mol. The van der Waals surface area contributed by atoms with Crippen molar-refractivity contribution in [3.63, 3.8) is 0 Å². The van der Waals surface area contributed by atoms with Crippen LogP contribution in [0.2, 0.25) is 0 Å². The van der Waals surface area contributed by atoms with E-state index in [1.54, 1.807) is 6.92 Å². The van der Waals surface area contributed by atoms with Crippen molar-refractivity contribution >= 4 is 0 Å². The van der Waals surface area contributed by atoms with Crippen molar-refractivity contribution in [2.75, 3.05) is 0 Å². The van der Waals surface area contributed by atoms with Crippen LogP contribution in [0.4, 0.5) is 0 Å². The second-order valence-electron chi connectivity index (χ2n) is 2.70. The SMILES string of the molecule is CC([O])OC(C)Oc1ccccc1. The summed E-state index contributed by atoms with van der Waals surface area (Å²) in [6.45, 7) is 3.13. The van der Waals surface area contributed by atoms with Gasteiger partial charge in [-0.2, -0.15) is 0 Å². The average Bonchev–Trinajstić information content (AvgIpc) is 2.04. The highest BCUT2D eigenvalue weighted by molar-refractivity contribution is 5.20. The van der Waals surface area contributed by atoms with Gasteiger partial charge in [0.05, 0.1) is 0 Å². The van der Waals surface area contributed by atoms with E-state index in [0.29, 0.717) is 5.75 Å². The molecule has 1 rings (SSSR count). The molecule has 1 aromatic carbocycles. The van der Waals surface area contributed by atoms with Crippen LogP contribution in [0.15, 0.2) is 30.3 Å². The first-order valence-corrected chi connectivity index (χ1v) is 4.21. The van der Waals surface area contributed by atoms with Gasteiger partial charge in [0.2, 0.25) is 0 Å². The Hall–Kier alpha value is -1.06. The van der Waals surface area contributed by atoms with Crippen LogP contribution < -0.4 is 4.74 Å². The van der Waals surface area contributed by atoms with Gasteiger partial charge in [0.25, 0.3) is 0 Å². The molecule has 13 heavy (non-hydrogen) atoms. The summed E-state index contributed by atoms with van der Waals surface area (Å²) in [5.74, 6) is 0.704. The molecule has 2 atom stereocenters. The molecule has 0 aliphatic rings. The summed E-state index contributed by atoms with van der Waals surface area (Å²) in [6, 6.07) is 9.25. The number of benzene rings is 1. The van der Waals surface area contributed by atoms with E-state index in [4.69, 9.17) is 9.47 Å². The highest BCUT2D eigenvalue weighted by Crippen LogP contribution is 2.11. The van der Waals surface area contributed by atoms with Crippen LogP contribution in [0.25, 0.3) is 0 Å². The fourth-order valence-corrected chi connectivity index (χ4v) is 0.988. The molecule has 0 aromatic heterocycles. The normalized spacial score (nSPS) is 15.0. The van der Waals surface area contributed by atoms with Gasteiger partial charge in [-0.1, -0.05) is 18.2 Å². The Kier molecular flexibility index (Phi) is 3.73. The Morgan fingerprint density at radius 1 is 1.15 bits per heavy atom. The number of rotatable bonds is 4. The largest absolute Gasteiger partial charge is 0.465 e. The molecule has 0 aliphatic heterocycles.